The molecule has 2 aromatic rings. The van der Waals surface area contributed by atoms with Crippen LogP contribution in [0.4, 0.5) is 0 Å². The summed E-state index contributed by atoms with van der Waals surface area (Å²) < 4.78 is 10.8. The van der Waals surface area contributed by atoms with Gasteiger partial charge in [-0.3, -0.25) is 0 Å². The van der Waals surface area contributed by atoms with Crippen molar-refractivity contribution in [1.82, 2.24) is 0 Å². The number of aryl methyl sites for hydroxylation is 2. The summed E-state index contributed by atoms with van der Waals surface area (Å²) in [6.45, 7) is 4.16. The van der Waals surface area contributed by atoms with E-state index in [1.54, 1.807) is 36.4 Å². The Kier molecular flexibility index (Phi) is 9.92. The summed E-state index contributed by atoms with van der Waals surface area (Å²) >= 11 is 12.1. The number of carbonyl (C=O) groups excluding carboxylic acids is 2. The first-order valence-electron chi connectivity index (χ1n) is 10.1. The van der Waals surface area contributed by atoms with Crippen LogP contribution in [0.15, 0.2) is 48.6 Å². The summed E-state index contributed by atoms with van der Waals surface area (Å²) in [6.07, 6.45) is 7.55. The maximum Gasteiger partial charge on any atom is 0.336 e. The van der Waals surface area contributed by atoms with Gasteiger partial charge in [0.05, 0.1) is 0 Å². The van der Waals surface area contributed by atoms with Crippen LogP contribution in [0.3, 0.4) is 0 Å². The first-order chi connectivity index (χ1) is 14.4. The van der Waals surface area contributed by atoms with Crippen LogP contribution in [0.2, 0.25) is 10.0 Å². The zero-order chi connectivity index (χ0) is 21.9. The van der Waals surface area contributed by atoms with Gasteiger partial charge >= 0.3 is 11.9 Å². The van der Waals surface area contributed by atoms with Gasteiger partial charge in [0.25, 0.3) is 0 Å². The van der Waals surface area contributed by atoms with E-state index in [-0.39, 0.29) is 0 Å². The lowest BCUT2D eigenvalue weighted by atomic mass is 10.1. The summed E-state index contributed by atoms with van der Waals surface area (Å²) in [5.74, 6) is -0.436. The molecule has 4 nitrogen and oxygen atoms in total. The molecule has 6 heteroatoms. The number of ether oxygens (including phenoxy) is 2. The van der Waals surface area contributed by atoms with Crippen molar-refractivity contribution in [3.05, 3.63) is 69.7 Å². The second-order valence-electron chi connectivity index (χ2n) is 6.89. The van der Waals surface area contributed by atoms with Gasteiger partial charge in [0.1, 0.15) is 11.5 Å². The normalized spacial score (nSPS) is 10.9. The zero-order valence-corrected chi connectivity index (χ0v) is 18.8. The van der Waals surface area contributed by atoms with Crippen molar-refractivity contribution >= 4 is 35.1 Å². The molecule has 0 unspecified atom stereocenters. The van der Waals surface area contributed by atoms with E-state index in [4.69, 9.17) is 32.7 Å². The molecule has 0 aliphatic heterocycles. The molecule has 0 saturated heterocycles. The molecule has 0 fully saturated rings. The average Bonchev–Trinajstić information content (AvgIpc) is 2.72. The second kappa shape index (κ2) is 12.4. The lowest BCUT2D eigenvalue weighted by Crippen LogP contribution is -2.10. The summed E-state index contributed by atoms with van der Waals surface area (Å²) in [5, 5.41) is 1.17. The van der Waals surface area contributed by atoms with Crippen molar-refractivity contribution in [3.63, 3.8) is 0 Å². The van der Waals surface area contributed by atoms with Crippen LogP contribution in [0.25, 0.3) is 0 Å². The molecule has 0 aliphatic rings. The molecule has 160 valence electrons. The molecule has 0 heterocycles. The van der Waals surface area contributed by atoms with Gasteiger partial charge in [-0.25, -0.2) is 9.59 Å². The molecule has 0 aromatic heterocycles. The molecule has 2 aromatic carbocycles. The molecular formula is C24H26Cl2O4. The van der Waals surface area contributed by atoms with Crippen LogP contribution in [-0.4, -0.2) is 11.9 Å². The van der Waals surface area contributed by atoms with E-state index in [0.29, 0.717) is 21.5 Å². The maximum absolute atomic E-state index is 12.2. The van der Waals surface area contributed by atoms with Gasteiger partial charge in [0.2, 0.25) is 0 Å². The van der Waals surface area contributed by atoms with Crippen LogP contribution in [-0.2, 0) is 22.4 Å². The topological polar surface area (TPSA) is 52.6 Å². The van der Waals surface area contributed by atoms with Crippen molar-refractivity contribution in [3.8, 4) is 11.5 Å². The molecule has 30 heavy (non-hydrogen) atoms. The highest BCUT2D eigenvalue weighted by atomic mass is 35.5. The molecule has 0 radical (unpaired) electrons. The lowest BCUT2D eigenvalue weighted by molar-refractivity contribution is -0.131. The standard InChI is InChI=1S/C24H26Cl2O4/c1-3-5-7-17-15-19(25)9-11-21(17)29-23(27)13-14-24(28)30-22-12-10-20(26)16-18(22)8-6-4-2/h9-16H,3-8H2,1-2H3/b14-13-. The van der Waals surface area contributed by atoms with Crippen LogP contribution in [0.1, 0.15) is 50.7 Å². The van der Waals surface area contributed by atoms with Crippen LogP contribution in [0.5, 0.6) is 11.5 Å². The quantitative estimate of drug-likeness (QED) is 0.229. The Morgan fingerprint density at radius 2 is 1.17 bits per heavy atom. The third-order valence-electron chi connectivity index (χ3n) is 4.42. The summed E-state index contributed by atoms with van der Waals surface area (Å²) in [5.41, 5.74) is 1.71. The minimum absolute atomic E-state index is 0.440. The minimum Gasteiger partial charge on any atom is -0.423 e. The van der Waals surface area contributed by atoms with Crippen molar-refractivity contribution in [2.24, 2.45) is 0 Å². The van der Waals surface area contributed by atoms with Gasteiger partial charge in [0.15, 0.2) is 0 Å². The first-order valence-corrected chi connectivity index (χ1v) is 10.9. The molecule has 0 bridgehead atoms. The highest BCUT2D eigenvalue weighted by molar-refractivity contribution is 6.31. The van der Waals surface area contributed by atoms with Crippen LogP contribution in [0, 0.1) is 0 Å². The fourth-order valence-corrected chi connectivity index (χ4v) is 3.23. The molecule has 0 amide bonds. The predicted molar refractivity (Wildman–Crippen MR) is 121 cm³/mol. The van der Waals surface area contributed by atoms with E-state index >= 15 is 0 Å². The largest absolute Gasteiger partial charge is 0.423 e. The van der Waals surface area contributed by atoms with E-state index in [2.05, 4.69) is 13.8 Å². The smallest absolute Gasteiger partial charge is 0.336 e. The monoisotopic (exact) mass is 448 g/mol. The SMILES string of the molecule is CCCCc1cc(Cl)ccc1OC(=O)/C=C\C(=O)Oc1ccc(Cl)cc1CCCC. The Balaban J connectivity index is 2.01. The van der Waals surface area contributed by atoms with E-state index in [1.165, 1.54) is 0 Å². The van der Waals surface area contributed by atoms with Crippen molar-refractivity contribution < 1.29 is 19.1 Å². The molecular weight excluding hydrogens is 423 g/mol. The highest BCUT2D eigenvalue weighted by Gasteiger charge is 2.11. The van der Waals surface area contributed by atoms with Crippen molar-refractivity contribution in [1.29, 1.82) is 0 Å². The fourth-order valence-electron chi connectivity index (χ4n) is 2.84. The predicted octanol–water partition coefficient (Wildman–Crippen LogP) is 6.75. The Labute approximate surface area is 187 Å². The summed E-state index contributed by atoms with van der Waals surface area (Å²) in [7, 11) is 0. The fraction of sp³-hybridized carbons (Fsp3) is 0.333. The highest BCUT2D eigenvalue weighted by Crippen LogP contribution is 2.26. The molecule has 0 N–H and O–H groups in total. The number of unbranched alkanes of at least 4 members (excludes halogenated alkanes) is 2. The number of benzene rings is 2. The van der Waals surface area contributed by atoms with Crippen molar-refractivity contribution in [2.75, 3.05) is 0 Å². The van der Waals surface area contributed by atoms with Gasteiger partial charge in [-0.2, -0.15) is 0 Å². The maximum atomic E-state index is 12.2. The van der Waals surface area contributed by atoms with E-state index in [9.17, 15) is 9.59 Å². The molecule has 0 aliphatic carbocycles. The van der Waals surface area contributed by atoms with Gasteiger partial charge < -0.3 is 9.47 Å². The molecule has 2 rings (SSSR count). The van der Waals surface area contributed by atoms with Crippen LogP contribution < -0.4 is 9.47 Å². The Hall–Kier alpha value is -2.30. The van der Waals surface area contributed by atoms with Crippen molar-refractivity contribution in [2.45, 2.75) is 52.4 Å². The zero-order valence-electron chi connectivity index (χ0n) is 17.3. The average molecular weight is 449 g/mol. The Morgan fingerprint density at radius 1 is 0.767 bits per heavy atom. The Bertz CT molecular complexity index is 833. The van der Waals surface area contributed by atoms with E-state index < -0.39 is 11.9 Å². The van der Waals surface area contributed by atoms with Gasteiger partial charge in [0, 0.05) is 22.2 Å². The van der Waals surface area contributed by atoms with E-state index in [1.807, 2.05) is 0 Å². The summed E-state index contributed by atoms with van der Waals surface area (Å²) in [4.78, 5) is 24.3. The van der Waals surface area contributed by atoms with Gasteiger partial charge in [-0.05, 0) is 73.2 Å². The van der Waals surface area contributed by atoms with Crippen LogP contribution >= 0.6 is 23.2 Å². The van der Waals surface area contributed by atoms with Gasteiger partial charge in [-0.1, -0.05) is 49.9 Å². The number of carbonyl (C=O) groups is 2. The number of rotatable bonds is 10. The number of hydrogen-bond acceptors (Lipinski definition) is 4. The van der Waals surface area contributed by atoms with E-state index in [0.717, 1.165) is 61.8 Å². The molecule has 0 spiro atoms. The Morgan fingerprint density at radius 3 is 1.53 bits per heavy atom. The lowest BCUT2D eigenvalue weighted by Gasteiger charge is -2.10. The third kappa shape index (κ3) is 7.85. The molecule has 0 saturated carbocycles. The number of esters is 2. The third-order valence-corrected chi connectivity index (χ3v) is 4.89. The number of halogens is 2. The number of hydrogen-bond donors (Lipinski definition) is 0. The first kappa shape index (κ1) is 24.0. The summed E-state index contributed by atoms with van der Waals surface area (Å²) in [6, 6.07) is 10.2. The second-order valence-corrected chi connectivity index (χ2v) is 7.76. The van der Waals surface area contributed by atoms with Gasteiger partial charge in [-0.15, -0.1) is 0 Å². The minimum atomic E-state index is -0.658. The molecule has 0 atom stereocenters.